The second-order valence-corrected chi connectivity index (χ2v) is 6.19. The third-order valence-electron chi connectivity index (χ3n) is 3.65. The van der Waals surface area contributed by atoms with Crippen LogP contribution in [0.3, 0.4) is 0 Å². The fourth-order valence-corrected chi connectivity index (χ4v) is 2.93. The van der Waals surface area contributed by atoms with Gasteiger partial charge in [-0.1, -0.05) is 23.2 Å². The third kappa shape index (κ3) is 4.24. The number of hydrogen-bond acceptors (Lipinski definition) is 4. The third-order valence-corrected chi connectivity index (χ3v) is 4.21. The van der Waals surface area contributed by atoms with Crippen molar-refractivity contribution in [2.45, 2.75) is 13.8 Å². The van der Waals surface area contributed by atoms with Gasteiger partial charge in [-0.2, -0.15) is 5.10 Å². The maximum Gasteiger partial charge on any atom is 0.251 e. The summed E-state index contributed by atoms with van der Waals surface area (Å²) >= 11 is 12.0. The fraction of sp³-hybridized carbons (Fsp3) is 0.312. The second-order valence-electron chi connectivity index (χ2n) is 5.37. The Morgan fingerprint density at radius 2 is 1.84 bits per heavy atom. The first-order valence-electron chi connectivity index (χ1n) is 7.35. The molecule has 0 aliphatic heterocycles. The summed E-state index contributed by atoms with van der Waals surface area (Å²) in [5.41, 5.74) is 2.40. The molecular weight excluding hydrogens is 367 g/mol. The van der Waals surface area contributed by atoms with Gasteiger partial charge in [-0.3, -0.25) is 14.3 Å². The number of ether oxygens (including phenoxy) is 1. The number of amides is 2. The molecule has 7 nitrogen and oxygen atoms in total. The second kappa shape index (κ2) is 7.76. The first-order valence-corrected chi connectivity index (χ1v) is 8.11. The van der Waals surface area contributed by atoms with Crippen LogP contribution in [-0.4, -0.2) is 35.2 Å². The molecule has 134 valence electrons. The molecule has 0 spiro atoms. The van der Waals surface area contributed by atoms with Gasteiger partial charge < -0.3 is 15.4 Å². The number of hydrogen-bond donors (Lipinski definition) is 2. The molecule has 1 aromatic carbocycles. The van der Waals surface area contributed by atoms with E-state index in [4.69, 9.17) is 27.9 Å². The van der Waals surface area contributed by atoms with Gasteiger partial charge >= 0.3 is 0 Å². The van der Waals surface area contributed by atoms with E-state index in [1.165, 1.54) is 19.2 Å². The molecule has 0 atom stereocenters. The lowest BCUT2D eigenvalue weighted by Crippen LogP contribution is -2.33. The topological polar surface area (TPSA) is 85.2 Å². The first kappa shape index (κ1) is 19.1. The average molecular weight is 385 g/mol. The van der Waals surface area contributed by atoms with E-state index in [-0.39, 0.29) is 28.1 Å². The van der Waals surface area contributed by atoms with Crippen LogP contribution in [0.2, 0.25) is 10.0 Å². The van der Waals surface area contributed by atoms with Crippen LogP contribution in [0, 0.1) is 13.8 Å². The number of methoxy groups -OCH3 is 1. The number of carbonyl (C=O) groups excluding carboxylic acids is 2. The molecule has 2 rings (SSSR count). The lowest BCUT2D eigenvalue weighted by Gasteiger charge is -2.10. The summed E-state index contributed by atoms with van der Waals surface area (Å²) in [6, 6.07) is 2.85. The molecule has 1 aromatic heterocycles. The van der Waals surface area contributed by atoms with E-state index in [9.17, 15) is 9.59 Å². The molecule has 9 heteroatoms. The van der Waals surface area contributed by atoms with E-state index in [2.05, 4.69) is 15.7 Å². The zero-order valence-corrected chi connectivity index (χ0v) is 15.7. The summed E-state index contributed by atoms with van der Waals surface area (Å²) in [4.78, 5) is 24.2. The van der Waals surface area contributed by atoms with Gasteiger partial charge in [0.2, 0.25) is 5.91 Å². The molecule has 0 aliphatic carbocycles. The summed E-state index contributed by atoms with van der Waals surface area (Å²) in [5.74, 6) is -0.542. The molecular formula is C16H18Cl2N4O3. The van der Waals surface area contributed by atoms with Gasteiger partial charge in [-0.15, -0.1) is 0 Å². The number of nitrogens with one attached hydrogen (secondary N) is 2. The predicted octanol–water partition coefficient (Wildman–Crippen LogP) is 2.72. The van der Waals surface area contributed by atoms with E-state index in [1.807, 2.05) is 6.92 Å². The van der Waals surface area contributed by atoms with Crippen molar-refractivity contribution < 1.29 is 14.3 Å². The van der Waals surface area contributed by atoms with Crippen LogP contribution in [0.25, 0.3) is 0 Å². The molecule has 2 N–H and O–H groups in total. The van der Waals surface area contributed by atoms with Crippen molar-refractivity contribution in [2.24, 2.45) is 7.05 Å². The summed E-state index contributed by atoms with van der Waals surface area (Å²) in [5, 5.41) is 9.90. The van der Waals surface area contributed by atoms with E-state index < -0.39 is 5.91 Å². The molecule has 2 aromatic rings. The molecule has 0 radical (unpaired) electrons. The van der Waals surface area contributed by atoms with Gasteiger partial charge in [0.05, 0.1) is 40.8 Å². The highest BCUT2D eigenvalue weighted by molar-refractivity contribution is 6.37. The Morgan fingerprint density at radius 1 is 1.24 bits per heavy atom. The van der Waals surface area contributed by atoms with Gasteiger partial charge in [0.1, 0.15) is 0 Å². The zero-order valence-electron chi connectivity index (χ0n) is 14.2. The standard InChI is InChI=1S/C16H18Cl2N4O3/c1-8-14(9(2)22(3)21-8)20-13(23)7-19-16(24)10-5-11(17)15(25-4)12(18)6-10/h5-6H,7H2,1-4H3,(H,19,24)(H,20,23). The number of benzene rings is 1. The summed E-state index contributed by atoms with van der Waals surface area (Å²) < 4.78 is 6.70. The molecule has 2 amide bonds. The largest absolute Gasteiger partial charge is 0.494 e. The van der Waals surface area contributed by atoms with E-state index in [1.54, 1.807) is 18.7 Å². The lowest BCUT2D eigenvalue weighted by molar-refractivity contribution is -0.115. The van der Waals surface area contributed by atoms with Crippen LogP contribution in [-0.2, 0) is 11.8 Å². The maximum absolute atomic E-state index is 12.2. The molecule has 25 heavy (non-hydrogen) atoms. The number of anilines is 1. The number of carbonyl (C=O) groups is 2. The summed E-state index contributed by atoms with van der Waals surface area (Å²) in [6.07, 6.45) is 0. The van der Waals surface area contributed by atoms with Crippen molar-refractivity contribution in [2.75, 3.05) is 19.0 Å². The molecule has 0 saturated heterocycles. The Hall–Kier alpha value is -2.25. The van der Waals surface area contributed by atoms with Gasteiger partial charge in [0.15, 0.2) is 5.75 Å². The zero-order chi connectivity index (χ0) is 18.7. The molecule has 0 fully saturated rings. The van der Waals surface area contributed by atoms with Crippen LogP contribution in [0.5, 0.6) is 5.75 Å². The molecule has 1 heterocycles. The number of halogens is 2. The van der Waals surface area contributed by atoms with Gasteiger partial charge in [-0.05, 0) is 26.0 Å². The smallest absolute Gasteiger partial charge is 0.251 e. The first-order chi connectivity index (χ1) is 11.7. The van der Waals surface area contributed by atoms with Crippen LogP contribution in [0.1, 0.15) is 21.7 Å². The number of rotatable bonds is 5. The van der Waals surface area contributed by atoms with Crippen molar-refractivity contribution in [3.63, 3.8) is 0 Å². The van der Waals surface area contributed by atoms with Crippen LogP contribution in [0.15, 0.2) is 12.1 Å². The highest BCUT2D eigenvalue weighted by Gasteiger charge is 2.16. The minimum Gasteiger partial charge on any atom is -0.494 e. The number of aromatic nitrogens is 2. The fourth-order valence-electron chi connectivity index (χ4n) is 2.29. The molecule has 0 aliphatic rings. The lowest BCUT2D eigenvalue weighted by atomic mass is 10.2. The van der Waals surface area contributed by atoms with Gasteiger partial charge in [0.25, 0.3) is 5.91 Å². The normalized spacial score (nSPS) is 10.5. The Bertz CT molecular complexity index is 810. The minimum atomic E-state index is -0.471. The monoisotopic (exact) mass is 384 g/mol. The van der Waals surface area contributed by atoms with E-state index in [0.29, 0.717) is 17.1 Å². The summed E-state index contributed by atoms with van der Waals surface area (Å²) in [7, 11) is 3.22. The Labute approximate surface area is 155 Å². The Kier molecular flexibility index (Phi) is 5.92. The Balaban J connectivity index is 2.01. The highest BCUT2D eigenvalue weighted by Crippen LogP contribution is 2.33. The summed E-state index contributed by atoms with van der Waals surface area (Å²) in [6.45, 7) is 3.44. The number of aryl methyl sites for hydroxylation is 2. The van der Waals surface area contributed by atoms with Crippen molar-refractivity contribution >= 4 is 40.7 Å². The van der Waals surface area contributed by atoms with Crippen LogP contribution >= 0.6 is 23.2 Å². The van der Waals surface area contributed by atoms with Crippen molar-refractivity contribution in [1.29, 1.82) is 0 Å². The quantitative estimate of drug-likeness (QED) is 0.829. The van der Waals surface area contributed by atoms with Crippen molar-refractivity contribution in [3.8, 4) is 5.75 Å². The molecule has 0 unspecified atom stereocenters. The highest BCUT2D eigenvalue weighted by atomic mass is 35.5. The maximum atomic E-state index is 12.2. The van der Waals surface area contributed by atoms with Crippen LogP contribution in [0.4, 0.5) is 5.69 Å². The number of nitrogens with zero attached hydrogens (tertiary/aromatic N) is 2. The predicted molar refractivity (Wildman–Crippen MR) is 96.7 cm³/mol. The SMILES string of the molecule is COc1c(Cl)cc(C(=O)NCC(=O)Nc2c(C)nn(C)c2C)cc1Cl. The van der Waals surface area contributed by atoms with Crippen molar-refractivity contribution in [3.05, 3.63) is 39.1 Å². The molecule has 0 saturated carbocycles. The minimum absolute atomic E-state index is 0.201. The van der Waals surface area contributed by atoms with Crippen molar-refractivity contribution in [1.82, 2.24) is 15.1 Å². The molecule has 0 bridgehead atoms. The van der Waals surface area contributed by atoms with E-state index in [0.717, 1.165) is 5.69 Å². The van der Waals surface area contributed by atoms with Gasteiger partial charge in [0, 0.05) is 12.6 Å². The van der Waals surface area contributed by atoms with E-state index >= 15 is 0 Å². The van der Waals surface area contributed by atoms with Crippen LogP contribution < -0.4 is 15.4 Å². The van der Waals surface area contributed by atoms with Gasteiger partial charge in [-0.25, -0.2) is 0 Å². The Morgan fingerprint density at radius 3 is 2.32 bits per heavy atom. The average Bonchev–Trinajstić information content (AvgIpc) is 2.78.